The lowest BCUT2D eigenvalue weighted by Crippen LogP contribution is -2.25. The molecule has 0 saturated carbocycles. The first-order chi connectivity index (χ1) is 12.7. The molecular weight excluding hydrogens is 350 g/mol. The molecule has 1 atom stereocenters. The number of aryl methyl sites for hydroxylation is 2. The molecule has 0 aliphatic carbocycles. The summed E-state index contributed by atoms with van der Waals surface area (Å²) >= 11 is 0. The number of ether oxygens (including phenoxy) is 3. The van der Waals surface area contributed by atoms with Crippen LogP contribution < -0.4 is 4.74 Å². The van der Waals surface area contributed by atoms with Crippen molar-refractivity contribution in [2.24, 2.45) is 0 Å². The first kappa shape index (κ1) is 20.2. The van der Waals surface area contributed by atoms with Gasteiger partial charge in [-0.15, -0.1) is 0 Å². The maximum atomic E-state index is 12.7. The second kappa shape index (κ2) is 8.07. The number of aromatic amines is 1. The summed E-state index contributed by atoms with van der Waals surface area (Å²) in [6.45, 7) is 6.63. The monoisotopic (exact) mass is 373 g/mol. The second-order valence-electron chi connectivity index (χ2n) is 6.23. The number of aromatic nitrogens is 1. The van der Waals surface area contributed by atoms with Gasteiger partial charge in [0.05, 0.1) is 25.5 Å². The number of methoxy groups -OCH3 is 2. The molecule has 1 aromatic carbocycles. The molecule has 0 fully saturated rings. The fraction of sp³-hybridized carbons (Fsp3) is 0.350. The normalized spacial score (nSPS) is 11.6. The van der Waals surface area contributed by atoms with E-state index >= 15 is 0 Å². The van der Waals surface area contributed by atoms with Crippen LogP contribution in [0.4, 0.5) is 0 Å². The fourth-order valence-electron chi connectivity index (χ4n) is 2.87. The van der Waals surface area contributed by atoms with E-state index in [0.717, 1.165) is 5.56 Å². The maximum absolute atomic E-state index is 12.7. The van der Waals surface area contributed by atoms with Crippen LogP contribution in [0.5, 0.6) is 5.75 Å². The van der Waals surface area contributed by atoms with E-state index in [0.29, 0.717) is 22.6 Å². The number of carbonyl (C=O) groups is 3. The van der Waals surface area contributed by atoms with Crippen LogP contribution >= 0.6 is 0 Å². The summed E-state index contributed by atoms with van der Waals surface area (Å²) < 4.78 is 15.3. The van der Waals surface area contributed by atoms with Gasteiger partial charge in [-0.2, -0.15) is 0 Å². The Bertz CT molecular complexity index is 896. The minimum absolute atomic E-state index is 0.212. The van der Waals surface area contributed by atoms with E-state index in [9.17, 15) is 14.4 Å². The molecule has 0 radical (unpaired) electrons. The van der Waals surface area contributed by atoms with Gasteiger partial charge in [0.2, 0.25) is 5.78 Å². The van der Waals surface area contributed by atoms with Gasteiger partial charge in [-0.3, -0.25) is 4.79 Å². The first-order valence-corrected chi connectivity index (χ1v) is 8.38. The molecule has 144 valence electrons. The van der Waals surface area contributed by atoms with Crippen LogP contribution in [0.1, 0.15) is 54.9 Å². The van der Waals surface area contributed by atoms with Crippen molar-refractivity contribution in [2.45, 2.75) is 33.8 Å². The zero-order valence-corrected chi connectivity index (χ0v) is 16.3. The highest BCUT2D eigenvalue weighted by atomic mass is 16.5. The number of benzene rings is 1. The molecule has 0 spiro atoms. The van der Waals surface area contributed by atoms with Crippen LogP contribution in [-0.4, -0.2) is 43.0 Å². The molecule has 7 nitrogen and oxygen atoms in total. The average molecular weight is 373 g/mol. The SMILES string of the molecule is COC(=O)c1c(C)[nH]c(C(=O)[C@H](C)OC(=O)c2cc(C)ccc2OC)c1C. The third kappa shape index (κ3) is 4.02. The van der Waals surface area contributed by atoms with Crippen molar-refractivity contribution in [3.63, 3.8) is 0 Å². The van der Waals surface area contributed by atoms with E-state index in [-0.39, 0.29) is 11.3 Å². The summed E-state index contributed by atoms with van der Waals surface area (Å²) in [6, 6.07) is 5.11. The molecule has 0 bridgehead atoms. The summed E-state index contributed by atoms with van der Waals surface area (Å²) in [6.07, 6.45) is -1.05. The van der Waals surface area contributed by atoms with Crippen molar-refractivity contribution < 1.29 is 28.6 Å². The number of esters is 2. The number of ketones is 1. The van der Waals surface area contributed by atoms with Gasteiger partial charge in [-0.1, -0.05) is 11.6 Å². The van der Waals surface area contributed by atoms with Crippen LogP contribution in [0.3, 0.4) is 0 Å². The minimum Gasteiger partial charge on any atom is -0.496 e. The number of carbonyl (C=O) groups excluding carboxylic acids is 3. The van der Waals surface area contributed by atoms with Gasteiger partial charge in [0.25, 0.3) is 0 Å². The van der Waals surface area contributed by atoms with Crippen LogP contribution in [-0.2, 0) is 9.47 Å². The Balaban J connectivity index is 2.25. The van der Waals surface area contributed by atoms with Gasteiger partial charge in [0.1, 0.15) is 11.3 Å². The number of Topliss-reactive ketones (excluding diaryl/α,β-unsaturated/α-hetero) is 1. The molecule has 2 aromatic rings. The smallest absolute Gasteiger partial charge is 0.342 e. The maximum Gasteiger partial charge on any atom is 0.342 e. The summed E-state index contributed by atoms with van der Waals surface area (Å²) in [7, 11) is 2.73. The molecule has 7 heteroatoms. The summed E-state index contributed by atoms with van der Waals surface area (Å²) in [4.78, 5) is 40.0. The van der Waals surface area contributed by atoms with E-state index in [4.69, 9.17) is 14.2 Å². The van der Waals surface area contributed by atoms with Gasteiger partial charge in [-0.25, -0.2) is 9.59 Å². The molecule has 0 aliphatic heterocycles. The third-order valence-electron chi connectivity index (χ3n) is 4.30. The summed E-state index contributed by atoms with van der Waals surface area (Å²) in [5.74, 6) is -1.27. The van der Waals surface area contributed by atoms with E-state index in [1.54, 1.807) is 26.0 Å². The van der Waals surface area contributed by atoms with Crippen molar-refractivity contribution in [3.8, 4) is 5.75 Å². The van der Waals surface area contributed by atoms with Crippen LogP contribution in [0, 0.1) is 20.8 Å². The van der Waals surface area contributed by atoms with Crippen LogP contribution in [0.25, 0.3) is 0 Å². The van der Waals surface area contributed by atoms with Crippen molar-refractivity contribution in [3.05, 3.63) is 51.8 Å². The number of hydrogen-bond acceptors (Lipinski definition) is 6. The highest BCUT2D eigenvalue weighted by Gasteiger charge is 2.28. The standard InChI is InChI=1S/C20H23NO6/c1-10-7-8-15(25-5)14(9-10)19(23)27-13(4)18(22)17-11(2)16(12(3)21-17)20(24)26-6/h7-9,13,21H,1-6H3/t13-/m0/s1. The lowest BCUT2D eigenvalue weighted by molar-refractivity contribution is 0.0313. The van der Waals surface area contributed by atoms with E-state index in [1.165, 1.54) is 21.1 Å². The zero-order chi connectivity index (χ0) is 20.3. The lowest BCUT2D eigenvalue weighted by atomic mass is 10.1. The van der Waals surface area contributed by atoms with E-state index in [1.807, 2.05) is 13.0 Å². The van der Waals surface area contributed by atoms with Gasteiger partial charge in [0, 0.05) is 5.69 Å². The number of H-pyrrole nitrogens is 1. The highest BCUT2D eigenvalue weighted by Crippen LogP contribution is 2.23. The van der Waals surface area contributed by atoms with Crippen molar-refractivity contribution in [2.75, 3.05) is 14.2 Å². The molecule has 0 unspecified atom stereocenters. The molecule has 0 aliphatic rings. The number of rotatable bonds is 6. The van der Waals surface area contributed by atoms with Crippen molar-refractivity contribution in [1.29, 1.82) is 0 Å². The second-order valence-corrected chi connectivity index (χ2v) is 6.23. The Morgan fingerprint density at radius 2 is 1.70 bits per heavy atom. The van der Waals surface area contributed by atoms with Gasteiger partial charge < -0.3 is 19.2 Å². The zero-order valence-electron chi connectivity index (χ0n) is 16.3. The summed E-state index contributed by atoms with van der Waals surface area (Å²) in [5, 5.41) is 0. The fourth-order valence-corrected chi connectivity index (χ4v) is 2.87. The molecule has 1 N–H and O–H groups in total. The van der Waals surface area contributed by atoms with Crippen LogP contribution in [0.15, 0.2) is 18.2 Å². The first-order valence-electron chi connectivity index (χ1n) is 8.38. The Morgan fingerprint density at radius 1 is 1.04 bits per heavy atom. The van der Waals surface area contributed by atoms with Gasteiger partial charge in [-0.05, 0) is 45.4 Å². The molecule has 0 saturated heterocycles. The Hall–Kier alpha value is -3.09. The predicted octanol–water partition coefficient (Wildman–Crippen LogP) is 3.16. The average Bonchev–Trinajstić information content (AvgIpc) is 2.94. The van der Waals surface area contributed by atoms with Crippen molar-refractivity contribution >= 4 is 17.7 Å². The minimum atomic E-state index is -1.05. The molecular formula is C20H23NO6. The number of nitrogens with one attached hydrogen (secondary N) is 1. The predicted molar refractivity (Wildman–Crippen MR) is 98.5 cm³/mol. The summed E-state index contributed by atoms with van der Waals surface area (Å²) in [5.41, 5.74) is 2.60. The largest absolute Gasteiger partial charge is 0.496 e. The number of hydrogen-bond donors (Lipinski definition) is 1. The molecule has 1 aromatic heterocycles. The van der Waals surface area contributed by atoms with Crippen molar-refractivity contribution in [1.82, 2.24) is 4.98 Å². The highest BCUT2D eigenvalue weighted by molar-refractivity contribution is 6.04. The van der Waals surface area contributed by atoms with E-state index in [2.05, 4.69) is 4.98 Å². The van der Waals surface area contributed by atoms with Gasteiger partial charge in [0.15, 0.2) is 6.10 Å². The van der Waals surface area contributed by atoms with E-state index < -0.39 is 23.8 Å². The topological polar surface area (TPSA) is 94.7 Å². The van der Waals surface area contributed by atoms with Gasteiger partial charge >= 0.3 is 11.9 Å². The molecule has 2 rings (SSSR count). The quantitative estimate of drug-likeness (QED) is 0.617. The third-order valence-corrected chi connectivity index (χ3v) is 4.30. The lowest BCUT2D eigenvalue weighted by Gasteiger charge is -2.14. The molecule has 1 heterocycles. The Morgan fingerprint density at radius 3 is 2.30 bits per heavy atom. The molecule has 27 heavy (non-hydrogen) atoms. The molecule has 0 amide bonds. The Kier molecular flexibility index (Phi) is 6.05. The van der Waals surface area contributed by atoms with Crippen LogP contribution in [0.2, 0.25) is 0 Å². The Labute approximate surface area is 157 Å².